The highest BCUT2D eigenvalue weighted by Gasteiger charge is 2.04. The Morgan fingerprint density at radius 2 is 2.38 bits per heavy atom. The van der Waals surface area contributed by atoms with Crippen LogP contribution < -0.4 is 5.73 Å². The summed E-state index contributed by atoms with van der Waals surface area (Å²) in [5.74, 6) is 0. The van der Waals surface area contributed by atoms with E-state index in [4.69, 9.17) is 5.73 Å². The molecule has 0 bridgehead atoms. The van der Waals surface area contributed by atoms with Gasteiger partial charge in [-0.1, -0.05) is 11.3 Å². The van der Waals surface area contributed by atoms with E-state index in [1.165, 1.54) is 11.3 Å². The van der Waals surface area contributed by atoms with E-state index in [9.17, 15) is 0 Å². The van der Waals surface area contributed by atoms with Gasteiger partial charge in [-0.15, -0.1) is 10.2 Å². The van der Waals surface area contributed by atoms with E-state index in [-0.39, 0.29) is 0 Å². The lowest BCUT2D eigenvalue weighted by atomic mass is 10.5. The molecule has 0 atom stereocenters. The van der Waals surface area contributed by atoms with E-state index < -0.39 is 0 Å². The number of hydrogen-bond acceptors (Lipinski definition) is 5. The van der Waals surface area contributed by atoms with Crippen LogP contribution >= 0.6 is 11.3 Å². The van der Waals surface area contributed by atoms with Crippen molar-refractivity contribution in [2.75, 3.05) is 0 Å². The van der Waals surface area contributed by atoms with Crippen LogP contribution in [0.2, 0.25) is 0 Å². The first-order valence-electron chi connectivity index (χ1n) is 3.84. The van der Waals surface area contributed by atoms with Crippen molar-refractivity contribution in [2.24, 2.45) is 5.73 Å². The Kier molecular flexibility index (Phi) is 2.07. The van der Waals surface area contributed by atoms with Crippen LogP contribution in [0.5, 0.6) is 0 Å². The monoisotopic (exact) mass is 195 g/mol. The quantitative estimate of drug-likeness (QED) is 0.757. The summed E-state index contributed by atoms with van der Waals surface area (Å²) >= 11 is 1.45. The molecule has 2 aromatic heterocycles. The molecule has 0 saturated heterocycles. The van der Waals surface area contributed by atoms with Crippen LogP contribution in [0.15, 0.2) is 12.3 Å². The maximum absolute atomic E-state index is 5.42. The predicted molar refractivity (Wildman–Crippen MR) is 49.7 cm³/mol. The molecule has 0 unspecified atom stereocenters. The maximum Gasteiger partial charge on any atom is 0.232 e. The summed E-state index contributed by atoms with van der Waals surface area (Å²) in [5, 5.41) is 13.7. The second kappa shape index (κ2) is 3.23. The van der Waals surface area contributed by atoms with Crippen molar-refractivity contribution in [3.63, 3.8) is 0 Å². The summed E-state index contributed by atoms with van der Waals surface area (Å²) in [6.07, 6.45) is 1.86. The van der Waals surface area contributed by atoms with Crippen LogP contribution in [-0.2, 0) is 6.54 Å². The number of aromatic nitrogens is 4. The van der Waals surface area contributed by atoms with E-state index in [0.717, 1.165) is 15.8 Å². The van der Waals surface area contributed by atoms with Crippen molar-refractivity contribution in [3.8, 4) is 5.13 Å². The Balaban J connectivity index is 2.35. The number of rotatable bonds is 2. The summed E-state index contributed by atoms with van der Waals surface area (Å²) in [6, 6.07) is 1.92. The largest absolute Gasteiger partial charge is 0.324 e. The molecule has 0 aromatic carbocycles. The average Bonchev–Trinajstić information content (AvgIpc) is 2.71. The molecule has 2 aromatic rings. The van der Waals surface area contributed by atoms with E-state index in [0.29, 0.717) is 6.54 Å². The zero-order valence-corrected chi connectivity index (χ0v) is 7.95. The molecule has 0 saturated carbocycles. The molecule has 13 heavy (non-hydrogen) atoms. The topological polar surface area (TPSA) is 69.6 Å². The lowest BCUT2D eigenvalue weighted by Gasteiger charge is -1.90. The third-order valence-corrected chi connectivity index (χ3v) is 2.48. The molecule has 5 nitrogen and oxygen atoms in total. The lowest BCUT2D eigenvalue weighted by molar-refractivity contribution is 0.826. The molecule has 0 spiro atoms. The van der Waals surface area contributed by atoms with Gasteiger partial charge in [0.1, 0.15) is 5.01 Å². The van der Waals surface area contributed by atoms with Crippen molar-refractivity contribution in [1.82, 2.24) is 20.0 Å². The highest BCUT2D eigenvalue weighted by Crippen LogP contribution is 2.13. The van der Waals surface area contributed by atoms with Gasteiger partial charge in [-0.3, -0.25) is 0 Å². The normalized spacial score (nSPS) is 10.6. The second-order valence-corrected chi connectivity index (χ2v) is 3.62. The Bertz CT molecular complexity index is 404. The summed E-state index contributed by atoms with van der Waals surface area (Å²) < 4.78 is 1.70. The Labute approximate surface area is 79.2 Å². The summed E-state index contributed by atoms with van der Waals surface area (Å²) in [5.41, 5.74) is 6.39. The minimum absolute atomic E-state index is 0.428. The van der Waals surface area contributed by atoms with Gasteiger partial charge in [-0.05, 0) is 13.0 Å². The fraction of sp³-hybridized carbons (Fsp3) is 0.286. The molecule has 0 aliphatic carbocycles. The molecule has 0 aliphatic heterocycles. The van der Waals surface area contributed by atoms with Gasteiger partial charge in [0.05, 0.1) is 5.69 Å². The third-order valence-electron chi connectivity index (χ3n) is 1.55. The first-order chi connectivity index (χ1) is 6.29. The minimum atomic E-state index is 0.428. The second-order valence-electron chi connectivity index (χ2n) is 2.58. The molecule has 6 heteroatoms. The molecule has 68 valence electrons. The summed E-state index contributed by atoms with van der Waals surface area (Å²) in [6.45, 7) is 2.36. The van der Waals surface area contributed by atoms with Crippen molar-refractivity contribution in [3.05, 3.63) is 23.0 Å². The van der Waals surface area contributed by atoms with Crippen LogP contribution in [0.25, 0.3) is 5.13 Å². The van der Waals surface area contributed by atoms with Gasteiger partial charge >= 0.3 is 0 Å². The average molecular weight is 195 g/mol. The Hall–Kier alpha value is -1.27. The highest BCUT2D eigenvalue weighted by molar-refractivity contribution is 7.13. The molecule has 0 amide bonds. The molecule has 0 aliphatic rings. The van der Waals surface area contributed by atoms with Crippen LogP contribution in [0.4, 0.5) is 0 Å². The number of aryl methyl sites for hydroxylation is 1. The van der Waals surface area contributed by atoms with Crippen LogP contribution in [0.1, 0.15) is 10.7 Å². The molecule has 2 rings (SSSR count). The van der Waals surface area contributed by atoms with Gasteiger partial charge in [-0.2, -0.15) is 5.10 Å². The van der Waals surface area contributed by atoms with Crippen LogP contribution in [-0.4, -0.2) is 20.0 Å². The van der Waals surface area contributed by atoms with Gasteiger partial charge in [0.25, 0.3) is 0 Å². The minimum Gasteiger partial charge on any atom is -0.324 e. The standard InChI is InChI=1S/C7H9N5S/c1-5-2-3-12(11-5)7-10-9-6(4-8)13-7/h2-3H,4,8H2,1H3. The summed E-state index contributed by atoms with van der Waals surface area (Å²) in [4.78, 5) is 0. The van der Waals surface area contributed by atoms with Gasteiger partial charge in [0.15, 0.2) is 0 Å². The Morgan fingerprint density at radius 3 is 2.92 bits per heavy atom. The molecular formula is C7H9N5S. The zero-order chi connectivity index (χ0) is 9.26. The van der Waals surface area contributed by atoms with Crippen molar-refractivity contribution in [1.29, 1.82) is 0 Å². The number of nitrogens with two attached hydrogens (primary N) is 1. The van der Waals surface area contributed by atoms with Gasteiger partial charge in [0, 0.05) is 12.7 Å². The fourth-order valence-electron chi connectivity index (χ4n) is 0.941. The number of hydrogen-bond donors (Lipinski definition) is 1. The highest BCUT2D eigenvalue weighted by atomic mass is 32.1. The predicted octanol–water partition coefficient (Wildman–Crippen LogP) is 0.491. The molecule has 0 fully saturated rings. The van der Waals surface area contributed by atoms with E-state index >= 15 is 0 Å². The van der Waals surface area contributed by atoms with Gasteiger partial charge in [-0.25, -0.2) is 4.68 Å². The maximum atomic E-state index is 5.42. The van der Waals surface area contributed by atoms with Crippen LogP contribution in [0, 0.1) is 6.92 Å². The SMILES string of the molecule is Cc1ccn(-c2nnc(CN)s2)n1. The molecule has 2 N–H and O–H groups in total. The summed E-state index contributed by atoms with van der Waals surface area (Å²) in [7, 11) is 0. The van der Waals surface area contributed by atoms with Crippen LogP contribution in [0.3, 0.4) is 0 Å². The zero-order valence-electron chi connectivity index (χ0n) is 7.14. The van der Waals surface area contributed by atoms with Gasteiger partial charge in [0.2, 0.25) is 5.13 Å². The molecule has 2 heterocycles. The molecule has 0 radical (unpaired) electrons. The lowest BCUT2D eigenvalue weighted by Crippen LogP contribution is -1.94. The Morgan fingerprint density at radius 1 is 1.54 bits per heavy atom. The smallest absolute Gasteiger partial charge is 0.232 e. The molecular weight excluding hydrogens is 186 g/mol. The fourth-order valence-corrected chi connectivity index (χ4v) is 1.59. The van der Waals surface area contributed by atoms with Gasteiger partial charge < -0.3 is 5.73 Å². The van der Waals surface area contributed by atoms with E-state index in [2.05, 4.69) is 15.3 Å². The first-order valence-corrected chi connectivity index (χ1v) is 4.66. The third kappa shape index (κ3) is 1.58. The van der Waals surface area contributed by atoms with E-state index in [1.807, 2.05) is 19.2 Å². The van der Waals surface area contributed by atoms with Crippen molar-refractivity contribution >= 4 is 11.3 Å². The van der Waals surface area contributed by atoms with Crippen molar-refractivity contribution < 1.29 is 0 Å². The first kappa shape index (κ1) is 8.33. The van der Waals surface area contributed by atoms with Crippen molar-refractivity contribution in [2.45, 2.75) is 13.5 Å². The number of nitrogens with zero attached hydrogens (tertiary/aromatic N) is 4. The van der Waals surface area contributed by atoms with E-state index in [1.54, 1.807) is 4.68 Å².